The molecule has 2 saturated heterocycles. The third-order valence-electron chi connectivity index (χ3n) is 7.69. The van der Waals surface area contributed by atoms with Gasteiger partial charge in [0.25, 0.3) is 5.91 Å². The molecule has 1 aromatic carbocycles. The second-order valence-electron chi connectivity index (χ2n) is 10.9. The number of likely N-dealkylation sites (tertiary alicyclic amines) is 1. The number of carboxylic acid groups (broad SMARTS) is 1. The number of amides is 3. The fourth-order valence-electron chi connectivity index (χ4n) is 5.86. The van der Waals surface area contributed by atoms with Gasteiger partial charge < -0.3 is 15.2 Å². The van der Waals surface area contributed by atoms with E-state index in [0.717, 1.165) is 18.4 Å². The Labute approximate surface area is 214 Å². The molecule has 9 nitrogen and oxygen atoms in total. The zero-order valence-electron chi connectivity index (χ0n) is 22.2. The summed E-state index contributed by atoms with van der Waals surface area (Å²) >= 11 is 0. The standard InChI is InChI=1S/C27H41N3O6/c1-19(22(35-5)27(26(2,3)4)14-11-15-29(27)25(33)34)23(31)28-21(18-20-12-7-6-8-13-20)24(32)30-16-9-10-17-36-30/h6-8,12-13,19,21-22H,9-11,14-18H2,1-5H3,(H,28,31)(H,33,34)/t19-,21+,22-,27-/m1/s1. The topological polar surface area (TPSA) is 108 Å². The lowest BCUT2D eigenvalue weighted by Crippen LogP contribution is -2.66. The predicted molar refractivity (Wildman–Crippen MR) is 135 cm³/mol. The Morgan fingerprint density at radius 1 is 1.14 bits per heavy atom. The zero-order valence-corrected chi connectivity index (χ0v) is 22.2. The van der Waals surface area contributed by atoms with Crippen molar-refractivity contribution < 1.29 is 29.1 Å². The largest absolute Gasteiger partial charge is 0.465 e. The van der Waals surface area contributed by atoms with E-state index in [2.05, 4.69) is 5.32 Å². The van der Waals surface area contributed by atoms with Gasteiger partial charge >= 0.3 is 6.09 Å². The SMILES string of the molecule is CO[C@H]([C@@H](C)C(=O)N[C@@H](Cc1ccccc1)C(=O)N1CCCCO1)[C@@]1(C(C)(C)C)CCCN1C(=O)O. The maximum absolute atomic E-state index is 13.7. The normalized spacial score (nSPS) is 23.1. The summed E-state index contributed by atoms with van der Waals surface area (Å²) in [5.74, 6) is -1.34. The summed E-state index contributed by atoms with van der Waals surface area (Å²) in [6.45, 7) is 9.05. The number of benzene rings is 1. The third kappa shape index (κ3) is 5.67. The Morgan fingerprint density at radius 3 is 2.39 bits per heavy atom. The van der Waals surface area contributed by atoms with Gasteiger partial charge in [0.1, 0.15) is 6.04 Å². The van der Waals surface area contributed by atoms with Crippen LogP contribution in [0.2, 0.25) is 0 Å². The minimum Gasteiger partial charge on any atom is -0.465 e. The molecule has 36 heavy (non-hydrogen) atoms. The van der Waals surface area contributed by atoms with E-state index in [1.807, 2.05) is 51.1 Å². The molecule has 0 aromatic heterocycles. The number of nitrogens with zero attached hydrogens (tertiary/aromatic N) is 2. The molecule has 2 heterocycles. The molecule has 0 bridgehead atoms. The van der Waals surface area contributed by atoms with Gasteiger partial charge in [0.2, 0.25) is 5.91 Å². The molecule has 200 valence electrons. The van der Waals surface area contributed by atoms with Crippen molar-refractivity contribution in [3.8, 4) is 0 Å². The highest BCUT2D eigenvalue weighted by Crippen LogP contribution is 2.49. The van der Waals surface area contributed by atoms with Gasteiger partial charge in [-0.1, -0.05) is 58.0 Å². The summed E-state index contributed by atoms with van der Waals surface area (Å²) in [6.07, 6.45) is 1.62. The minimum absolute atomic E-state index is 0.286. The van der Waals surface area contributed by atoms with Gasteiger partial charge in [-0.3, -0.25) is 19.3 Å². The van der Waals surface area contributed by atoms with Crippen molar-refractivity contribution in [1.29, 1.82) is 0 Å². The molecule has 2 fully saturated rings. The lowest BCUT2D eigenvalue weighted by molar-refractivity contribution is -0.199. The van der Waals surface area contributed by atoms with Gasteiger partial charge in [0, 0.05) is 26.6 Å². The van der Waals surface area contributed by atoms with Crippen LogP contribution in [0.25, 0.3) is 0 Å². The third-order valence-corrected chi connectivity index (χ3v) is 7.69. The van der Waals surface area contributed by atoms with Crippen molar-refractivity contribution in [2.45, 2.75) is 77.5 Å². The Balaban J connectivity index is 1.87. The predicted octanol–water partition coefficient (Wildman–Crippen LogP) is 3.48. The van der Waals surface area contributed by atoms with Gasteiger partial charge in [0.15, 0.2) is 0 Å². The molecule has 0 aliphatic carbocycles. The Morgan fingerprint density at radius 2 is 1.83 bits per heavy atom. The minimum atomic E-state index is -1.02. The number of hydrogen-bond donors (Lipinski definition) is 2. The summed E-state index contributed by atoms with van der Waals surface area (Å²) < 4.78 is 5.92. The lowest BCUT2D eigenvalue weighted by atomic mass is 9.65. The number of hydroxylamine groups is 2. The van der Waals surface area contributed by atoms with E-state index < -0.39 is 35.1 Å². The average molecular weight is 504 g/mol. The zero-order chi connectivity index (χ0) is 26.5. The number of carbonyl (C=O) groups is 3. The summed E-state index contributed by atoms with van der Waals surface area (Å²) in [7, 11) is 1.52. The number of ether oxygens (including phenoxy) is 1. The fraction of sp³-hybridized carbons (Fsp3) is 0.667. The number of hydrogen-bond acceptors (Lipinski definition) is 5. The lowest BCUT2D eigenvalue weighted by Gasteiger charge is -2.52. The quantitative estimate of drug-likeness (QED) is 0.562. The Hall–Kier alpha value is -2.65. The summed E-state index contributed by atoms with van der Waals surface area (Å²) in [5, 5.41) is 14.3. The fourth-order valence-corrected chi connectivity index (χ4v) is 5.86. The van der Waals surface area contributed by atoms with Crippen LogP contribution in [0.4, 0.5) is 4.79 Å². The highest BCUT2D eigenvalue weighted by Gasteiger charge is 2.59. The number of rotatable bonds is 8. The molecule has 9 heteroatoms. The molecule has 0 radical (unpaired) electrons. The van der Waals surface area contributed by atoms with Gasteiger partial charge in [0.05, 0.1) is 24.2 Å². The number of methoxy groups -OCH3 is 1. The van der Waals surface area contributed by atoms with E-state index >= 15 is 0 Å². The molecule has 0 spiro atoms. The van der Waals surface area contributed by atoms with Crippen molar-refractivity contribution in [3.63, 3.8) is 0 Å². The van der Waals surface area contributed by atoms with Gasteiger partial charge in [-0.15, -0.1) is 0 Å². The van der Waals surface area contributed by atoms with Crippen LogP contribution in [-0.4, -0.2) is 77.5 Å². The number of nitrogens with one attached hydrogen (secondary N) is 1. The van der Waals surface area contributed by atoms with E-state index in [1.165, 1.54) is 17.1 Å². The van der Waals surface area contributed by atoms with Crippen molar-refractivity contribution in [1.82, 2.24) is 15.3 Å². The van der Waals surface area contributed by atoms with Crippen molar-refractivity contribution in [2.75, 3.05) is 26.8 Å². The number of carbonyl (C=O) groups excluding carboxylic acids is 2. The second-order valence-corrected chi connectivity index (χ2v) is 10.9. The summed E-state index contributed by atoms with van der Waals surface area (Å²) in [4.78, 5) is 46.3. The average Bonchev–Trinajstić information content (AvgIpc) is 3.31. The molecule has 4 atom stereocenters. The Bertz CT molecular complexity index is 912. The Kier molecular flexibility index (Phi) is 9.00. The van der Waals surface area contributed by atoms with E-state index in [-0.39, 0.29) is 11.8 Å². The first-order valence-corrected chi connectivity index (χ1v) is 12.8. The van der Waals surface area contributed by atoms with Crippen LogP contribution in [0.1, 0.15) is 58.9 Å². The smallest absolute Gasteiger partial charge is 0.407 e. The maximum atomic E-state index is 13.7. The van der Waals surface area contributed by atoms with Crippen molar-refractivity contribution in [2.24, 2.45) is 11.3 Å². The van der Waals surface area contributed by atoms with Crippen LogP contribution in [0.5, 0.6) is 0 Å². The molecule has 0 saturated carbocycles. The van der Waals surface area contributed by atoms with Crippen LogP contribution in [0, 0.1) is 11.3 Å². The molecule has 2 aliphatic rings. The maximum Gasteiger partial charge on any atom is 0.407 e. The molecule has 2 N–H and O–H groups in total. The molecule has 2 aliphatic heterocycles. The van der Waals surface area contributed by atoms with E-state index in [4.69, 9.17) is 9.57 Å². The van der Waals surface area contributed by atoms with Crippen LogP contribution < -0.4 is 5.32 Å². The first kappa shape index (κ1) is 27.9. The molecule has 0 unspecified atom stereocenters. The van der Waals surface area contributed by atoms with Gasteiger partial charge in [-0.05, 0) is 36.7 Å². The first-order valence-electron chi connectivity index (χ1n) is 12.8. The van der Waals surface area contributed by atoms with Crippen LogP contribution in [0.15, 0.2) is 30.3 Å². The van der Waals surface area contributed by atoms with Gasteiger partial charge in [-0.2, -0.15) is 0 Å². The molecule has 3 amide bonds. The highest BCUT2D eigenvalue weighted by molar-refractivity contribution is 5.88. The first-order chi connectivity index (χ1) is 17.0. The van der Waals surface area contributed by atoms with E-state index in [1.54, 1.807) is 6.92 Å². The molecule has 3 rings (SSSR count). The van der Waals surface area contributed by atoms with Gasteiger partial charge in [-0.25, -0.2) is 9.86 Å². The molecular formula is C27H41N3O6. The monoisotopic (exact) mass is 503 g/mol. The second kappa shape index (κ2) is 11.6. The van der Waals surface area contributed by atoms with Crippen molar-refractivity contribution >= 4 is 17.9 Å². The molecule has 1 aromatic rings. The van der Waals surface area contributed by atoms with E-state index in [0.29, 0.717) is 39.0 Å². The van der Waals surface area contributed by atoms with Crippen LogP contribution >= 0.6 is 0 Å². The summed E-state index contributed by atoms with van der Waals surface area (Å²) in [5.41, 5.74) is -0.458. The highest BCUT2D eigenvalue weighted by atomic mass is 16.7. The van der Waals surface area contributed by atoms with Crippen LogP contribution in [-0.2, 0) is 25.6 Å². The summed E-state index contributed by atoms with van der Waals surface area (Å²) in [6, 6.07) is 8.72. The van der Waals surface area contributed by atoms with Crippen LogP contribution in [0.3, 0.4) is 0 Å². The van der Waals surface area contributed by atoms with Crippen molar-refractivity contribution in [3.05, 3.63) is 35.9 Å². The van der Waals surface area contributed by atoms with E-state index in [9.17, 15) is 19.5 Å². The molecular weight excluding hydrogens is 462 g/mol.